The van der Waals surface area contributed by atoms with E-state index in [0.717, 1.165) is 12.6 Å². The van der Waals surface area contributed by atoms with Crippen molar-refractivity contribution < 1.29 is 0 Å². The Kier molecular flexibility index (Phi) is 6.15. The van der Waals surface area contributed by atoms with Gasteiger partial charge >= 0.3 is 0 Å². The summed E-state index contributed by atoms with van der Waals surface area (Å²) >= 11 is 0. The predicted octanol–water partition coefficient (Wildman–Crippen LogP) is 1.36. The minimum absolute atomic E-state index is 0.753. The maximum absolute atomic E-state index is 3.55. The number of hydrazine groups is 1. The van der Waals surface area contributed by atoms with Crippen LogP contribution in [-0.2, 0) is 0 Å². The molecular formula is C11H25N3. The van der Waals surface area contributed by atoms with E-state index in [0.29, 0.717) is 0 Å². The Morgan fingerprint density at radius 1 is 1.21 bits per heavy atom. The molecular weight excluding hydrogens is 174 g/mol. The highest BCUT2D eigenvalue weighted by atomic mass is 15.5. The van der Waals surface area contributed by atoms with E-state index < -0.39 is 0 Å². The van der Waals surface area contributed by atoms with E-state index in [1.807, 2.05) is 0 Å². The quantitative estimate of drug-likeness (QED) is 0.633. The summed E-state index contributed by atoms with van der Waals surface area (Å²) < 4.78 is 0. The third kappa shape index (κ3) is 3.95. The van der Waals surface area contributed by atoms with E-state index in [2.05, 4.69) is 29.6 Å². The lowest BCUT2D eigenvalue weighted by molar-refractivity contribution is 0.0999. The second-order valence-electron chi connectivity index (χ2n) is 4.08. The van der Waals surface area contributed by atoms with Gasteiger partial charge in [-0.25, -0.2) is 5.01 Å². The molecule has 0 bridgehead atoms. The zero-order valence-corrected chi connectivity index (χ0v) is 9.68. The Bertz CT molecular complexity index is 132. The molecule has 0 atom stereocenters. The first-order valence-electron chi connectivity index (χ1n) is 6.09. The minimum atomic E-state index is 0.753. The normalized spacial score (nSPS) is 19.1. The van der Waals surface area contributed by atoms with Gasteiger partial charge in [0, 0.05) is 19.1 Å². The second-order valence-corrected chi connectivity index (χ2v) is 4.08. The molecule has 1 saturated heterocycles. The zero-order valence-electron chi connectivity index (χ0n) is 9.68. The van der Waals surface area contributed by atoms with Crippen LogP contribution >= 0.6 is 0 Å². The van der Waals surface area contributed by atoms with Gasteiger partial charge < -0.3 is 5.32 Å². The lowest BCUT2D eigenvalue weighted by atomic mass is 10.1. The lowest BCUT2D eigenvalue weighted by Gasteiger charge is -2.34. The first-order chi connectivity index (χ1) is 6.88. The van der Waals surface area contributed by atoms with Crippen molar-refractivity contribution in [1.29, 1.82) is 0 Å². The third-order valence-corrected chi connectivity index (χ3v) is 2.78. The summed E-state index contributed by atoms with van der Waals surface area (Å²) in [4.78, 5) is 0. The summed E-state index contributed by atoms with van der Waals surface area (Å²) in [6.45, 7) is 9.13. The second kappa shape index (κ2) is 7.21. The van der Waals surface area contributed by atoms with Crippen LogP contribution < -0.4 is 10.7 Å². The monoisotopic (exact) mass is 199 g/mol. The molecule has 0 radical (unpaired) electrons. The van der Waals surface area contributed by atoms with Crippen LogP contribution in [0.1, 0.15) is 39.5 Å². The summed E-state index contributed by atoms with van der Waals surface area (Å²) in [5, 5.41) is 5.88. The van der Waals surface area contributed by atoms with Gasteiger partial charge in [0.25, 0.3) is 0 Å². The van der Waals surface area contributed by atoms with Gasteiger partial charge in [-0.05, 0) is 38.8 Å². The third-order valence-electron chi connectivity index (χ3n) is 2.78. The van der Waals surface area contributed by atoms with Crippen molar-refractivity contribution in [2.75, 3.05) is 26.2 Å². The van der Waals surface area contributed by atoms with Gasteiger partial charge in [-0.3, -0.25) is 5.43 Å². The zero-order chi connectivity index (χ0) is 10.2. The van der Waals surface area contributed by atoms with E-state index in [-0.39, 0.29) is 0 Å². The van der Waals surface area contributed by atoms with Crippen molar-refractivity contribution in [3.8, 4) is 0 Å². The molecule has 0 saturated carbocycles. The van der Waals surface area contributed by atoms with Gasteiger partial charge in [0.1, 0.15) is 0 Å². The van der Waals surface area contributed by atoms with Crippen molar-refractivity contribution in [3.63, 3.8) is 0 Å². The number of nitrogens with one attached hydrogen (secondary N) is 2. The van der Waals surface area contributed by atoms with E-state index in [1.54, 1.807) is 0 Å². The number of hydrogen-bond donors (Lipinski definition) is 2. The fraction of sp³-hybridized carbons (Fsp3) is 1.00. The van der Waals surface area contributed by atoms with Gasteiger partial charge in [-0.1, -0.05) is 13.8 Å². The van der Waals surface area contributed by atoms with E-state index in [1.165, 1.54) is 45.3 Å². The fourth-order valence-electron chi connectivity index (χ4n) is 2.01. The average Bonchev–Trinajstić information content (AvgIpc) is 2.25. The molecule has 1 aliphatic heterocycles. The first-order valence-corrected chi connectivity index (χ1v) is 6.09. The van der Waals surface area contributed by atoms with Gasteiger partial charge in [0.15, 0.2) is 0 Å². The molecule has 1 rings (SSSR count). The van der Waals surface area contributed by atoms with Crippen molar-refractivity contribution in [3.05, 3.63) is 0 Å². The molecule has 0 aliphatic carbocycles. The SMILES string of the molecule is CCCNN(CCC)C1CCNCC1. The van der Waals surface area contributed by atoms with Gasteiger partial charge in [-0.15, -0.1) is 0 Å². The number of hydrogen-bond acceptors (Lipinski definition) is 3. The lowest BCUT2D eigenvalue weighted by Crippen LogP contribution is -2.50. The van der Waals surface area contributed by atoms with E-state index in [9.17, 15) is 0 Å². The van der Waals surface area contributed by atoms with Crippen LogP contribution in [0, 0.1) is 0 Å². The molecule has 0 spiro atoms. The van der Waals surface area contributed by atoms with Crippen LogP contribution in [-0.4, -0.2) is 37.2 Å². The Balaban J connectivity index is 2.30. The fourth-order valence-corrected chi connectivity index (χ4v) is 2.01. The molecule has 84 valence electrons. The van der Waals surface area contributed by atoms with Gasteiger partial charge in [-0.2, -0.15) is 0 Å². The molecule has 14 heavy (non-hydrogen) atoms. The maximum atomic E-state index is 3.55. The topological polar surface area (TPSA) is 27.3 Å². The van der Waals surface area contributed by atoms with Crippen molar-refractivity contribution in [1.82, 2.24) is 15.8 Å². The van der Waals surface area contributed by atoms with Crippen LogP contribution in [0.5, 0.6) is 0 Å². The molecule has 0 unspecified atom stereocenters. The number of rotatable bonds is 6. The van der Waals surface area contributed by atoms with Crippen LogP contribution in [0.15, 0.2) is 0 Å². The van der Waals surface area contributed by atoms with Crippen LogP contribution in [0.25, 0.3) is 0 Å². The standard InChI is InChI=1S/C11H25N3/c1-3-7-13-14(10-4-2)11-5-8-12-9-6-11/h11-13H,3-10H2,1-2H3. The largest absolute Gasteiger partial charge is 0.317 e. The van der Waals surface area contributed by atoms with Crippen LogP contribution in [0.3, 0.4) is 0 Å². The van der Waals surface area contributed by atoms with Crippen molar-refractivity contribution in [2.24, 2.45) is 0 Å². The molecule has 0 amide bonds. The van der Waals surface area contributed by atoms with Crippen LogP contribution in [0.2, 0.25) is 0 Å². The molecule has 3 heteroatoms. The van der Waals surface area contributed by atoms with Crippen LogP contribution in [0.4, 0.5) is 0 Å². The van der Waals surface area contributed by atoms with Crippen molar-refractivity contribution >= 4 is 0 Å². The molecule has 1 aliphatic rings. The molecule has 1 heterocycles. The number of nitrogens with zero attached hydrogens (tertiary/aromatic N) is 1. The summed E-state index contributed by atoms with van der Waals surface area (Å²) in [5.41, 5.74) is 3.55. The van der Waals surface area contributed by atoms with Gasteiger partial charge in [0.2, 0.25) is 0 Å². The molecule has 1 fully saturated rings. The predicted molar refractivity (Wildman–Crippen MR) is 61.2 cm³/mol. The first kappa shape index (κ1) is 12.0. The summed E-state index contributed by atoms with van der Waals surface area (Å²) in [6, 6.07) is 0.753. The Morgan fingerprint density at radius 2 is 1.93 bits per heavy atom. The average molecular weight is 199 g/mol. The van der Waals surface area contributed by atoms with Gasteiger partial charge in [0.05, 0.1) is 0 Å². The highest BCUT2D eigenvalue weighted by Gasteiger charge is 2.19. The van der Waals surface area contributed by atoms with Crippen molar-refractivity contribution in [2.45, 2.75) is 45.6 Å². The number of piperidine rings is 1. The minimum Gasteiger partial charge on any atom is -0.317 e. The Labute approximate surface area is 88.2 Å². The highest BCUT2D eigenvalue weighted by Crippen LogP contribution is 2.09. The highest BCUT2D eigenvalue weighted by molar-refractivity contribution is 4.75. The molecule has 3 nitrogen and oxygen atoms in total. The summed E-state index contributed by atoms with van der Waals surface area (Å²) in [6.07, 6.45) is 5.03. The van der Waals surface area contributed by atoms with E-state index in [4.69, 9.17) is 0 Å². The Hall–Kier alpha value is -0.120. The molecule has 2 N–H and O–H groups in total. The molecule has 0 aromatic heterocycles. The molecule has 0 aromatic rings. The Morgan fingerprint density at radius 3 is 2.50 bits per heavy atom. The molecule has 0 aromatic carbocycles. The smallest absolute Gasteiger partial charge is 0.0267 e. The summed E-state index contributed by atoms with van der Waals surface area (Å²) in [5.74, 6) is 0. The maximum Gasteiger partial charge on any atom is 0.0267 e. The van der Waals surface area contributed by atoms with E-state index >= 15 is 0 Å². The summed E-state index contributed by atoms with van der Waals surface area (Å²) in [7, 11) is 0.